The zero-order chi connectivity index (χ0) is 16.4. The zero-order valence-electron chi connectivity index (χ0n) is 14.3. The van der Waals surface area contributed by atoms with Gasteiger partial charge in [0.25, 0.3) is 5.91 Å². The van der Waals surface area contributed by atoms with Crippen molar-refractivity contribution in [2.45, 2.75) is 39.7 Å². The van der Waals surface area contributed by atoms with E-state index in [9.17, 15) is 4.79 Å². The molecule has 130 valence electrons. The normalized spacial score (nSPS) is 15.0. The van der Waals surface area contributed by atoms with E-state index in [0.717, 1.165) is 48.4 Å². The zero-order valence-corrected chi connectivity index (χ0v) is 15.1. The number of amides is 1. The summed E-state index contributed by atoms with van der Waals surface area (Å²) in [6, 6.07) is 6.28. The van der Waals surface area contributed by atoms with E-state index in [4.69, 9.17) is 0 Å². The van der Waals surface area contributed by atoms with Crippen LogP contribution in [0.2, 0.25) is 0 Å². The third-order valence-electron chi connectivity index (χ3n) is 4.52. The van der Waals surface area contributed by atoms with Crippen LogP contribution in [0.25, 0.3) is 0 Å². The van der Waals surface area contributed by atoms with Crippen molar-refractivity contribution in [3.63, 3.8) is 0 Å². The summed E-state index contributed by atoms with van der Waals surface area (Å²) >= 11 is 0. The van der Waals surface area contributed by atoms with Crippen molar-refractivity contribution < 1.29 is 4.79 Å². The Kier molecular flexibility index (Phi) is 5.96. The Morgan fingerprint density at radius 2 is 1.83 bits per heavy atom. The van der Waals surface area contributed by atoms with Gasteiger partial charge in [-0.25, -0.2) is 4.68 Å². The minimum absolute atomic E-state index is 0. The van der Waals surface area contributed by atoms with E-state index in [2.05, 4.69) is 20.9 Å². The molecule has 24 heavy (non-hydrogen) atoms. The van der Waals surface area contributed by atoms with E-state index in [0.29, 0.717) is 11.7 Å². The van der Waals surface area contributed by atoms with Gasteiger partial charge in [0.05, 0.1) is 11.7 Å². The molecule has 1 aromatic carbocycles. The fourth-order valence-corrected chi connectivity index (χ4v) is 3.13. The van der Waals surface area contributed by atoms with Gasteiger partial charge in [-0.2, -0.15) is 0 Å². The fraction of sp³-hybridized carbons (Fsp3) is 0.471. The van der Waals surface area contributed by atoms with Gasteiger partial charge in [0.2, 0.25) is 0 Å². The first-order valence-electron chi connectivity index (χ1n) is 8.08. The Labute approximate surface area is 148 Å². The fourth-order valence-electron chi connectivity index (χ4n) is 3.13. The van der Waals surface area contributed by atoms with Crippen LogP contribution in [0.1, 0.15) is 46.2 Å². The van der Waals surface area contributed by atoms with Crippen molar-refractivity contribution in [3.8, 4) is 0 Å². The van der Waals surface area contributed by atoms with Crippen LogP contribution in [0, 0.1) is 20.8 Å². The first-order chi connectivity index (χ1) is 11.1. The van der Waals surface area contributed by atoms with Gasteiger partial charge in [0.15, 0.2) is 5.69 Å². The second kappa shape index (κ2) is 7.77. The van der Waals surface area contributed by atoms with Crippen LogP contribution in [-0.2, 0) is 0 Å². The number of aromatic nitrogens is 3. The third-order valence-corrected chi connectivity index (χ3v) is 4.52. The van der Waals surface area contributed by atoms with Crippen LogP contribution in [0.3, 0.4) is 0 Å². The number of halogens is 1. The molecule has 0 aliphatic carbocycles. The predicted molar refractivity (Wildman–Crippen MR) is 97.0 cm³/mol. The molecule has 1 saturated heterocycles. The molecule has 1 aliphatic rings. The second-order valence-electron chi connectivity index (χ2n) is 6.17. The van der Waals surface area contributed by atoms with Gasteiger partial charge in [-0.3, -0.25) is 4.79 Å². The maximum atomic E-state index is 12.6. The number of benzene rings is 1. The molecule has 7 heteroatoms. The minimum atomic E-state index is -0.194. The Morgan fingerprint density at radius 1 is 1.21 bits per heavy atom. The number of aryl methyl sites for hydroxylation is 2. The van der Waals surface area contributed by atoms with Gasteiger partial charge >= 0.3 is 0 Å². The predicted octanol–water partition coefficient (Wildman–Crippen LogP) is 2.80. The number of para-hydroxylation sites is 1. The molecule has 0 saturated carbocycles. The van der Waals surface area contributed by atoms with Crippen molar-refractivity contribution >= 4 is 24.0 Å². The number of nitrogens with one attached hydrogen (secondary N) is 2. The number of piperidine rings is 1. The Morgan fingerprint density at radius 3 is 2.46 bits per heavy atom. The van der Waals surface area contributed by atoms with Gasteiger partial charge in [-0.15, -0.1) is 17.5 Å². The summed E-state index contributed by atoms with van der Waals surface area (Å²) in [6.07, 6.45) is 2.03. The van der Waals surface area contributed by atoms with Crippen molar-refractivity contribution in [2.75, 3.05) is 18.4 Å². The molecule has 0 atom stereocenters. The number of carbonyl (C=O) groups excluding carboxylic acids is 1. The van der Waals surface area contributed by atoms with Gasteiger partial charge < -0.3 is 10.6 Å². The Bertz CT molecular complexity index is 702. The Balaban J connectivity index is 0.00000208. The number of anilines is 1. The van der Waals surface area contributed by atoms with Crippen LogP contribution in [0.4, 0.5) is 5.69 Å². The highest BCUT2D eigenvalue weighted by molar-refractivity contribution is 6.04. The summed E-state index contributed by atoms with van der Waals surface area (Å²) in [5, 5.41) is 14.7. The second-order valence-corrected chi connectivity index (χ2v) is 6.17. The van der Waals surface area contributed by atoms with Crippen LogP contribution in [0.5, 0.6) is 0 Å². The molecule has 1 fully saturated rings. The van der Waals surface area contributed by atoms with E-state index >= 15 is 0 Å². The van der Waals surface area contributed by atoms with Crippen LogP contribution < -0.4 is 10.6 Å². The van der Waals surface area contributed by atoms with Crippen molar-refractivity contribution in [1.82, 2.24) is 20.3 Å². The molecular formula is C17H24ClN5O. The number of nitrogens with zero attached hydrogens (tertiary/aromatic N) is 3. The number of rotatable bonds is 3. The summed E-state index contributed by atoms with van der Waals surface area (Å²) in [6.45, 7) is 7.85. The molecular weight excluding hydrogens is 326 g/mol. The van der Waals surface area contributed by atoms with Crippen LogP contribution >= 0.6 is 12.4 Å². The largest absolute Gasteiger partial charge is 0.320 e. The molecule has 0 spiro atoms. The van der Waals surface area contributed by atoms with Crippen molar-refractivity contribution in [2.24, 2.45) is 0 Å². The molecule has 6 nitrogen and oxygen atoms in total. The number of hydrogen-bond donors (Lipinski definition) is 2. The summed E-state index contributed by atoms with van der Waals surface area (Å²) in [5.41, 5.74) is 4.18. The molecule has 2 aromatic rings. The smallest absolute Gasteiger partial charge is 0.278 e. The van der Waals surface area contributed by atoms with E-state index in [-0.39, 0.29) is 18.3 Å². The van der Waals surface area contributed by atoms with Crippen molar-refractivity contribution in [3.05, 3.63) is 40.7 Å². The first kappa shape index (κ1) is 18.4. The molecule has 2 heterocycles. The minimum Gasteiger partial charge on any atom is -0.320 e. The van der Waals surface area contributed by atoms with Gasteiger partial charge in [-0.1, -0.05) is 23.4 Å². The topological polar surface area (TPSA) is 71.8 Å². The van der Waals surface area contributed by atoms with E-state index in [1.165, 1.54) is 0 Å². The lowest BCUT2D eigenvalue weighted by molar-refractivity contribution is 0.102. The Hall–Kier alpha value is -1.92. The molecule has 1 aliphatic heterocycles. The summed E-state index contributed by atoms with van der Waals surface area (Å²) < 4.78 is 1.90. The average Bonchev–Trinajstić information content (AvgIpc) is 2.93. The van der Waals surface area contributed by atoms with Gasteiger partial charge in [0.1, 0.15) is 0 Å². The quantitative estimate of drug-likeness (QED) is 0.893. The molecule has 0 bridgehead atoms. The lowest BCUT2D eigenvalue weighted by atomic mass is 10.1. The van der Waals surface area contributed by atoms with Crippen molar-refractivity contribution in [1.29, 1.82) is 0 Å². The summed E-state index contributed by atoms with van der Waals surface area (Å²) in [7, 11) is 0. The SMILES string of the molecule is Cc1cccc(C)c1NC(=O)c1nnn(C2CCNCC2)c1C.Cl. The average molecular weight is 350 g/mol. The lowest BCUT2D eigenvalue weighted by Gasteiger charge is -2.23. The summed E-state index contributed by atoms with van der Waals surface area (Å²) in [4.78, 5) is 12.6. The standard InChI is InChI=1S/C17H23N5O.ClH/c1-11-5-4-6-12(2)15(11)19-17(23)16-13(3)22(21-20-16)14-7-9-18-10-8-14;/h4-6,14,18H,7-10H2,1-3H3,(H,19,23);1H. The highest BCUT2D eigenvalue weighted by atomic mass is 35.5. The number of hydrogen-bond acceptors (Lipinski definition) is 4. The molecule has 3 rings (SSSR count). The molecule has 1 aromatic heterocycles. The first-order valence-corrected chi connectivity index (χ1v) is 8.08. The molecule has 0 radical (unpaired) electrons. The number of carbonyl (C=O) groups is 1. The van der Waals surface area contributed by atoms with E-state index in [1.807, 2.05) is 43.7 Å². The van der Waals surface area contributed by atoms with E-state index in [1.54, 1.807) is 0 Å². The van der Waals surface area contributed by atoms with Crippen LogP contribution in [-0.4, -0.2) is 34.0 Å². The van der Waals surface area contributed by atoms with Crippen LogP contribution in [0.15, 0.2) is 18.2 Å². The van der Waals surface area contributed by atoms with E-state index < -0.39 is 0 Å². The van der Waals surface area contributed by atoms with Gasteiger partial charge in [-0.05, 0) is 57.8 Å². The van der Waals surface area contributed by atoms with Gasteiger partial charge in [0, 0.05) is 5.69 Å². The third kappa shape index (κ3) is 3.60. The molecule has 2 N–H and O–H groups in total. The maximum absolute atomic E-state index is 12.6. The highest BCUT2D eigenvalue weighted by Crippen LogP contribution is 2.23. The molecule has 1 amide bonds. The molecule has 0 unspecified atom stereocenters. The lowest BCUT2D eigenvalue weighted by Crippen LogP contribution is -2.30. The maximum Gasteiger partial charge on any atom is 0.278 e. The monoisotopic (exact) mass is 349 g/mol. The highest BCUT2D eigenvalue weighted by Gasteiger charge is 2.23. The summed E-state index contributed by atoms with van der Waals surface area (Å²) in [5.74, 6) is -0.194.